The maximum atomic E-state index is 5.91. The van der Waals surface area contributed by atoms with Crippen LogP contribution in [-0.2, 0) is 11.3 Å². The van der Waals surface area contributed by atoms with E-state index in [0.29, 0.717) is 6.04 Å². The zero-order valence-corrected chi connectivity index (χ0v) is 12.3. The first-order chi connectivity index (χ1) is 9.65. The molecule has 1 aromatic heterocycles. The summed E-state index contributed by atoms with van der Waals surface area (Å²) in [6.45, 7) is 9.17. The number of nitrogens with two attached hydrogens (primary N) is 1. The first kappa shape index (κ1) is 13.5. The van der Waals surface area contributed by atoms with Crippen molar-refractivity contribution in [2.45, 2.75) is 26.4 Å². The van der Waals surface area contributed by atoms with Crippen molar-refractivity contribution in [1.82, 2.24) is 9.47 Å². The fourth-order valence-electron chi connectivity index (χ4n) is 3.03. The number of anilines is 1. The fraction of sp³-hybridized carbons (Fsp3) is 0.500. The highest BCUT2D eigenvalue weighted by Gasteiger charge is 2.16. The molecule has 4 nitrogen and oxygen atoms in total. The third kappa shape index (κ3) is 2.53. The van der Waals surface area contributed by atoms with E-state index in [2.05, 4.69) is 41.5 Å². The number of nitrogens with zero attached hydrogens (tertiary/aromatic N) is 2. The van der Waals surface area contributed by atoms with Gasteiger partial charge < -0.3 is 15.0 Å². The molecule has 108 valence electrons. The van der Waals surface area contributed by atoms with Crippen LogP contribution in [0, 0.1) is 0 Å². The molecule has 0 amide bonds. The number of nitrogen functional groups attached to an aromatic ring is 1. The predicted octanol–water partition coefficient (Wildman–Crippen LogP) is 2.64. The van der Waals surface area contributed by atoms with Crippen molar-refractivity contribution in [3.05, 3.63) is 30.0 Å². The third-order valence-corrected chi connectivity index (χ3v) is 3.95. The molecular weight excluding hydrogens is 250 g/mol. The van der Waals surface area contributed by atoms with Crippen molar-refractivity contribution < 1.29 is 4.74 Å². The topological polar surface area (TPSA) is 43.4 Å². The summed E-state index contributed by atoms with van der Waals surface area (Å²) < 4.78 is 7.85. The standard InChI is InChI=1S/C16H23N3O/c1-12(2)19-15(11-18-5-7-20-8-6-18)10-13-9-14(17)3-4-16(13)19/h3-4,9-10,12H,5-8,11,17H2,1-2H3. The Kier molecular flexibility index (Phi) is 3.68. The van der Waals surface area contributed by atoms with E-state index in [-0.39, 0.29) is 0 Å². The number of rotatable bonds is 3. The van der Waals surface area contributed by atoms with Gasteiger partial charge in [-0.25, -0.2) is 0 Å². The first-order valence-electron chi connectivity index (χ1n) is 7.34. The Morgan fingerprint density at radius 2 is 1.95 bits per heavy atom. The SMILES string of the molecule is CC(C)n1c(CN2CCOCC2)cc2cc(N)ccc21. The monoisotopic (exact) mass is 273 g/mol. The van der Waals surface area contributed by atoms with Gasteiger partial charge in [0.15, 0.2) is 0 Å². The van der Waals surface area contributed by atoms with Crippen LogP contribution < -0.4 is 5.73 Å². The van der Waals surface area contributed by atoms with Gasteiger partial charge in [-0.15, -0.1) is 0 Å². The molecule has 0 aliphatic carbocycles. The summed E-state index contributed by atoms with van der Waals surface area (Å²) >= 11 is 0. The van der Waals surface area contributed by atoms with Crippen molar-refractivity contribution in [3.8, 4) is 0 Å². The van der Waals surface area contributed by atoms with Gasteiger partial charge in [0.05, 0.1) is 13.2 Å². The summed E-state index contributed by atoms with van der Waals surface area (Å²) in [5, 5.41) is 1.24. The van der Waals surface area contributed by atoms with Crippen LogP contribution in [0.5, 0.6) is 0 Å². The van der Waals surface area contributed by atoms with Crippen LogP contribution in [0.25, 0.3) is 10.9 Å². The molecule has 1 fully saturated rings. The molecule has 2 heterocycles. The third-order valence-electron chi connectivity index (χ3n) is 3.95. The van der Waals surface area contributed by atoms with Gasteiger partial charge in [0.25, 0.3) is 0 Å². The Morgan fingerprint density at radius 3 is 2.65 bits per heavy atom. The number of morpholine rings is 1. The Balaban J connectivity index is 1.97. The van der Waals surface area contributed by atoms with Crippen molar-refractivity contribution >= 4 is 16.6 Å². The molecule has 1 aliphatic heterocycles. The van der Waals surface area contributed by atoms with Crippen molar-refractivity contribution in [3.63, 3.8) is 0 Å². The summed E-state index contributed by atoms with van der Waals surface area (Å²) in [6.07, 6.45) is 0. The summed E-state index contributed by atoms with van der Waals surface area (Å²) in [4.78, 5) is 2.46. The zero-order valence-electron chi connectivity index (χ0n) is 12.3. The van der Waals surface area contributed by atoms with Crippen LogP contribution in [0.3, 0.4) is 0 Å². The van der Waals surface area contributed by atoms with Crippen molar-refractivity contribution in [1.29, 1.82) is 0 Å². The van der Waals surface area contributed by atoms with Gasteiger partial charge in [0, 0.05) is 48.0 Å². The highest BCUT2D eigenvalue weighted by molar-refractivity contribution is 5.84. The van der Waals surface area contributed by atoms with Crippen LogP contribution in [0.15, 0.2) is 24.3 Å². The number of hydrogen-bond acceptors (Lipinski definition) is 3. The summed E-state index contributed by atoms with van der Waals surface area (Å²) in [5.41, 5.74) is 9.38. The number of hydrogen-bond donors (Lipinski definition) is 1. The highest BCUT2D eigenvalue weighted by atomic mass is 16.5. The quantitative estimate of drug-likeness (QED) is 0.874. The van der Waals surface area contributed by atoms with E-state index >= 15 is 0 Å². The highest BCUT2D eigenvalue weighted by Crippen LogP contribution is 2.27. The molecular formula is C16H23N3O. The Morgan fingerprint density at radius 1 is 1.20 bits per heavy atom. The number of ether oxygens (including phenoxy) is 1. The number of fused-ring (bicyclic) bond motifs is 1. The Hall–Kier alpha value is -1.52. The van der Waals surface area contributed by atoms with E-state index in [4.69, 9.17) is 10.5 Å². The van der Waals surface area contributed by atoms with Crippen molar-refractivity contribution in [2.75, 3.05) is 32.0 Å². The lowest BCUT2D eigenvalue weighted by atomic mass is 10.2. The largest absolute Gasteiger partial charge is 0.399 e. The van der Waals surface area contributed by atoms with Crippen LogP contribution in [0.4, 0.5) is 5.69 Å². The minimum Gasteiger partial charge on any atom is -0.399 e. The molecule has 0 radical (unpaired) electrons. The summed E-state index contributed by atoms with van der Waals surface area (Å²) in [6, 6.07) is 8.91. The first-order valence-corrected chi connectivity index (χ1v) is 7.34. The molecule has 3 rings (SSSR count). The normalized spacial score (nSPS) is 17.1. The van der Waals surface area contributed by atoms with Crippen molar-refractivity contribution in [2.24, 2.45) is 0 Å². The van der Waals surface area contributed by atoms with E-state index < -0.39 is 0 Å². The van der Waals surface area contributed by atoms with Gasteiger partial charge in [-0.3, -0.25) is 4.90 Å². The molecule has 0 saturated carbocycles. The second kappa shape index (κ2) is 5.46. The second-order valence-corrected chi connectivity index (χ2v) is 5.81. The predicted molar refractivity (Wildman–Crippen MR) is 82.8 cm³/mol. The molecule has 0 atom stereocenters. The van der Waals surface area contributed by atoms with Crippen LogP contribution >= 0.6 is 0 Å². The zero-order chi connectivity index (χ0) is 14.1. The molecule has 0 bridgehead atoms. The number of benzene rings is 1. The fourth-order valence-corrected chi connectivity index (χ4v) is 3.03. The summed E-state index contributed by atoms with van der Waals surface area (Å²) in [7, 11) is 0. The van der Waals surface area contributed by atoms with E-state index in [1.165, 1.54) is 16.6 Å². The van der Waals surface area contributed by atoms with Gasteiger partial charge in [-0.2, -0.15) is 0 Å². The molecule has 1 aromatic carbocycles. The summed E-state index contributed by atoms with van der Waals surface area (Å²) in [5.74, 6) is 0. The lowest BCUT2D eigenvalue weighted by Gasteiger charge is -2.27. The van der Waals surface area contributed by atoms with E-state index in [9.17, 15) is 0 Å². The lowest BCUT2D eigenvalue weighted by Crippen LogP contribution is -2.36. The second-order valence-electron chi connectivity index (χ2n) is 5.81. The van der Waals surface area contributed by atoms with Gasteiger partial charge in [-0.05, 0) is 38.1 Å². The molecule has 0 spiro atoms. The van der Waals surface area contributed by atoms with E-state index in [1.54, 1.807) is 0 Å². The minimum atomic E-state index is 0.451. The average molecular weight is 273 g/mol. The average Bonchev–Trinajstić information content (AvgIpc) is 2.76. The molecule has 4 heteroatoms. The van der Waals surface area contributed by atoms with Gasteiger partial charge >= 0.3 is 0 Å². The van der Waals surface area contributed by atoms with Crippen LogP contribution in [-0.4, -0.2) is 35.8 Å². The maximum absolute atomic E-state index is 5.91. The smallest absolute Gasteiger partial charge is 0.0594 e. The minimum absolute atomic E-state index is 0.451. The molecule has 2 aromatic rings. The van der Waals surface area contributed by atoms with E-state index in [1.807, 2.05) is 6.07 Å². The Bertz CT molecular complexity index is 597. The molecule has 1 saturated heterocycles. The van der Waals surface area contributed by atoms with Crippen LogP contribution in [0.1, 0.15) is 25.6 Å². The molecule has 2 N–H and O–H groups in total. The van der Waals surface area contributed by atoms with Gasteiger partial charge in [0.2, 0.25) is 0 Å². The Labute approximate surface area is 120 Å². The molecule has 0 unspecified atom stereocenters. The van der Waals surface area contributed by atoms with Gasteiger partial charge in [0.1, 0.15) is 0 Å². The van der Waals surface area contributed by atoms with E-state index in [0.717, 1.165) is 38.5 Å². The number of aromatic nitrogens is 1. The lowest BCUT2D eigenvalue weighted by molar-refractivity contribution is 0.0331. The maximum Gasteiger partial charge on any atom is 0.0594 e. The van der Waals surface area contributed by atoms with Crippen LogP contribution in [0.2, 0.25) is 0 Å². The molecule has 1 aliphatic rings. The molecule has 20 heavy (non-hydrogen) atoms. The van der Waals surface area contributed by atoms with Gasteiger partial charge in [-0.1, -0.05) is 0 Å².